The Bertz CT molecular complexity index is 380. The van der Waals surface area contributed by atoms with Gasteiger partial charge in [0.2, 0.25) is 11.8 Å². The van der Waals surface area contributed by atoms with E-state index in [-0.39, 0.29) is 5.41 Å². The van der Waals surface area contributed by atoms with Crippen molar-refractivity contribution < 1.29 is 4.74 Å². The van der Waals surface area contributed by atoms with Crippen LogP contribution in [-0.2, 0) is 0 Å². The summed E-state index contributed by atoms with van der Waals surface area (Å²) >= 11 is 6.11. The molecule has 4 nitrogen and oxygen atoms in total. The third kappa shape index (κ3) is 3.25. The first-order valence-electron chi connectivity index (χ1n) is 6.54. The van der Waals surface area contributed by atoms with Crippen LogP contribution in [0.4, 0.5) is 5.95 Å². The number of rotatable bonds is 6. The van der Waals surface area contributed by atoms with Crippen LogP contribution in [0.25, 0.3) is 0 Å². The zero-order valence-electron chi connectivity index (χ0n) is 10.8. The van der Waals surface area contributed by atoms with Crippen molar-refractivity contribution in [3.8, 4) is 5.88 Å². The minimum absolute atomic E-state index is 0.215. The molecule has 1 aromatic heterocycles. The summed E-state index contributed by atoms with van der Waals surface area (Å²) in [5.41, 5.74) is 0.215. The van der Waals surface area contributed by atoms with Crippen LogP contribution in [0.2, 0.25) is 0 Å². The van der Waals surface area contributed by atoms with Crippen LogP contribution < -0.4 is 10.1 Å². The lowest BCUT2D eigenvalue weighted by molar-refractivity contribution is 0.326. The van der Waals surface area contributed by atoms with Crippen LogP contribution in [0.3, 0.4) is 0 Å². The van der Waals surface area contributed by atoms with E-state index in [4.69, 9.17) is 16.3 Å². The van der Waals surface area contributed by atoms with E-state index in [1.165, 1.54) is 25.7 Å². The number of nitrogens with zero attached hydrogens (tertiary/aromatic N) is 2. The van der Waals surface area contributed by atoms with E-state index in [9.17, 15) is 0 Å². The number of hydrogen-bond donors (Lipinski definition) is 1. The molecule has 0 saturated heterocycles. The molecule has 0 unspecified atom stereocenters. The number of alkyl halides is 1. The Morgan fingerprint density at radius 2 is 2.22 bits per heavy atom. The van der Waals surface area contributed by atoms with E-state index in [0.29, 0.717) is 24.3 Å². The van der Waals surface area contributed by atoms with Crippen molar-refractivity contribution in [1.82, 2.24) is 9.97 Å². The molecule has 1 N–H and O–H groups in total. The van der Waals surface area contributed by atoms with Gasteiger partial charge in [-0.2, -0.15) is 4.98 Å². The second-order valence-corrected chi connectivity index (χ2v) is 5.11. The molecule has 0 atom stereocenters. The van der Waals surface area contributed by atoms with Crippen LogP contribution in [-0.4, -0.2) is 29.0 Å². The van der Waals surface area contributed by atoms with Crippen LogP contribution in [0, 0.1) is 5.41 Å². The molecule has 0 aromatic carbocycles. The lowest BCUT2D eigenvalue weighted by atomic mass is 9.89. The molecule has 100 valence electrons. The van der Waals surface area contributed by atoms with Crippen LogP contribution >= 0.6 is 11.6 Å². The standard InChI is InChI=1S/C13H20ClN3O/c1-2-18-11-5-8-15-12(17-11)16-10-13(9-14)6-3-4-7-13/h5,8H,2-4,6-7,9-10H2,1H3,(H,15,16,17). The van der Waals surface area contributed by atoms with Crippen LogP contribution in [0.15, 0.2) is 12.3 Å². The molecule has 0 amide bonds. The SMILES string of the molecule is CCOc1ccnc(NCC2(CCl)CCCC2)n1. The third-order valence-corrected chi connectivity index (χ3v) is 4.06. The normalized spacial score (nSPS) is 17.7. The predicted molar refractivity (Wildman–Crippen MR) is 73.3 cm³/mol. The van der Waals surface area contributed by atoms with E-state index in [0.717, 1.165) is 6.54 Å². The maximum atomic E-state index is 6.11. The Morgan fingerprint density at radius 1 is 1.44 bits per heavy atom. The highest BCUT2D eigenvalue weighted by molar-refractivity contribution is 6.18. The van der Waals surface area contributed by atoms with E-state index < -0.39 is 0 Å². The van der Waals surface area contributed by atoms with Crippen LogP contribution in [0.1, 0.15) is 32.6 Å². The van der Waals surface area contributed by atoms with Gasteiger partial charge >= 0.3 is 0 Å². The molecule has 0 aliphatic heterocycles. The Morgan fingerprint density at radius 3 is 2.89 bits per heavy atom. The van der Waals surface area contributed by atoms with E-state index in [1.54, 1.807) is 12.3 Å². The summed E-state index contributed by atoms with van der Waals surface area (Å²) in [4.78, 5) is 8.50. The van der Waals surface area contributed by atoms with E-state index in [2.05, 4.69) is 15.3 Å². The molecule has 5 heteroatoms. The predicted octanol–water partition coefficient (Wildman–Crippen LogP) is 3.09. The average Bonchev–Trinajstić information content (AvgIpc) is 2.87. The van der Waals surface area contributed by atoms with Gasteiger partial charge in [-0.15, -0.1) is 11.6 Å². The van der Waals surface area contributed by atoms with Crippen molar-refractivity contribution in [3.63, 3.8) is 0 Å². The van der Waals surface area contributed by atoms with Gasteiger partial charge in [-0.3, -0.25) is 0 Å². The van der Waals surface area contributed by atoms with Gasteiger partial charge in [-0.05, 0) is 19.8 Å². The molecule has 1 heterocycles. The highest BCUT2D eigenvalue weighted by Gasteiger charge is 2.32. The molecule has 1 aliphatic rings. The van der Waals surface area contributed by atoms with Gasteiger partial charge in [0.15, 0.2) is 0 Å². The summed E-state index contributed by atoms with van der Waals surface area (Å²) in [6.45, 7) is 3.39. The zero-order chi connectivity index (χ0) is 12.8. The van der Waals surface area contributed by atoms with Gasteiger partial charge in [0, 0.05) is 30.1 Å². The van der Waals surface area contributed by atoms with Crippen molar-refractivity contribution in [3.05, 3.63) is 12.3 Å². The second kappa shape index (κ2) is 6.23. The molecular formula is C13H20ClN3O. The Balaban J connectivity index is 1.94. The largest absolute Gasteiger partial charge is 0.478 e. The zero-order valence-corrected chi connectivity index (χ0v) is 11.5. The number of hydrogen-bond acceptors (Lipinski definition) is 4. The summed E-state index contributed by atoms with van der Waals surface area (Å²) in [6, 6.07) is 1.77. The minimum atomic E-state index is 0.215. The molecule has 1 fully saturated rings. The highest BCUT2D eigenvalue weighted by Crippen LogP contribution is 2.39. The molecule has 1 aliphatic carbocycles. The molecule has 2 rings (SSSR count). The van der Waals surface area contributed by atoms with Crippen molar-refractivity contribution in [2.24, 2.45) is 5.41 Å². The van der Waals surface area contributed by atoms with Gasteiger partial charge in [-0.1, -0.05) is 12.8 Å². The number of nitrogens with one attached hydrogen (secondary N) is 1. The minimum Gasteiger partial charge on any atom is -0.478 e. The second-order valence-electron chi connectivity index (χ2n) is 4.85. The quantitative estimate of drug-likeness (QED) is 0.806. The van der Waals surface area contributed by atoms with Crippen molar-refractivity contribution in [2.45, 2.75) is 32.6 Å². The summed E-state index contributed by atoms with van der Waals surface area (Å²) in [6.07, 6.45) is 6.63. The van der Waals surface area contributed by atoms with Gasteiger partial charge in [-0.25, -0.2) is 4.98 Å². The van der Waals surface area contributed by atoms with Crippen molar-refractivity contribution >= 4 is 17.5 Å². The number of aromatic nitrogens is 2. The molecule has 0 radical (unpaired) electrons. The molecule has 0 spiro atoms. The fourth-order valence-corrected chi connectivity index (χ4v) is 2.77. The van der Waals surface area contributed by atoms with Gasteiger partial charge < -0.3 is 10.1 Å². The lowest BCUT2D eigenvalue weighted by Crippen LogP contribution is -2.29. The third-order valence-electron chi connectivity index (χ3n) is 3.49. The Labute approximate surface area is 113 Å². The molecular weight excluding hydrogens is 250 g/mol. The number of ether oxygens (including phenoxy) is 1. The first kappa shape index (κ1) is 13.4. The smallest absolute Gasteiger partial charge is 0.225 e. The fraction of sp³-hybridized carbons (Fsp3) is 0.692. The van der Waals surface area contributed by atoms with Gasteiger partial charge in [0.1, 0.15) is 0 Å². The highest BCUT2D eigenvalue weighted by atomic mass is 35.5. The molecule has 1 aromatic rings. The molecule has 18 heavy (non-hydrogen) atoms. The number of halogens is 1. The van der Waals surface area contributed by atoms with Crippen molar-refractivity contribution in [1.29, 1.82) is 0 Å². The first-order chi connectivity index (χ1) is 8.78. The topological polar surface area (TPSA) is 47.0 Å². The maximum absolute atomic E-state index is 6.11. The summed E-state index contributed by atoms with van der Waals surface area (Å²) in [7, 11) is 0. The van der Waals surface area contributed by atoms with E-state index >= 15 is 0 Å². The summed E-state index contributed by atoms with van der Waals surface area (Å²) in [5, 5.41) is 3.29. The van der Waals surface area contributed by atoms with Crippen LogP contribution in [0.5, 0.6) is 5.88 Å². The monoisotopic (exact) mass is 269 g/mol. The summed E-state index contributed by atoms with van der Waals surface area (Å²) < 4.78 is 5.35. The maximum Gasteiger partial charge on any atom is 0.225 e. The van der Waals surface area contributed by atoms with Gasteiger partial charge in [0.05, 0.1) is 6.61 Å². The number of anilines is 1. The molecule has 0 bridgehead atoms. The van der Waals surface area contributed by atoms with Gasteiger partial charge in [0.25, 0.3) is 0 Å². The van der Waals surface area contributed by atoms with E-state index in [1.807, 2.05) is 6.92 Å². The fourth-order valence-electron chi connectivity index (χ4n) is 2.40. The van der Waals surface area contributed by atoms with Crippen molar-refractivity contribution in [2.75, 3.05) is 24.3 Å². The Hall–Kier alpha value is -1.03. The first-order valence-corrected chi connectivity index (χ1v) is 7.07. The molecule has 1 saturated carbocycles. The Kier molecular flexibility index (Phi) is 4.64. The lowest BCUT2D eigenvalue weighted by Gasteiger charge is -2.26. The summed E-state index contributed by atoms with van der Waals surface area (Å²) in [5.74, 6) is 1.93. The average molecular weight is 270 g/mol.